The van der Waals surface area contributed by atoms with Gasteiger partial charge in [0.2, 0.25) is 0 Å². The number of nitrogens with one attached hydrogen (secondary N) is 2. The Labute approximate surface area is 101 Å². The van der Waals surface area contributed by atoms with Gasteiger partial charge in [-0.25, -0.2) is 4.98 Å². The second kappa shape index (κ2) is 5.86. The van der Waals surface area contributed by atoms with E-state index in [1.807, 2.05) is 7.05 Å². The number of aromatic nitrogens is 2. The first kappa shape index (κ1) is 13.0. The summed E-state index contributed by atoms with van der Waals surface area (Å²) in [6.45, 7) is 1.96. The van der Waals surface area contributed by atoms with E-state index in [0.717, 1.165) is 25.9 Å². The first-order valence-corrected chi connectivity index (χ1v) is 5.25. The van der Waals surface area contributed by atoms with Crippen LogP contribution in [0, 0.1) is 0 Å². The quantitative estimate of drug-likeness (QED) is 0.788. The van der Waals surface area contributed by atoms with Crippen LogP contribution in [0.2, 0.25) is 0 Å². The summed E-state index contributed by atoms with van der Waals surface area (Å²) in [7, 11) is 1.86. The molecule has 90 valence electrons. The monoisotopic (exact) mass is 244 g/mol. The Kier molecular flexibility index (Phi) is 4.76. The van der Waals surface area contributed by atoms with E-state index in [0.29, 0.717) is 11.7 Å². The van der Waals surface area contributed by atoms with Crippen LogP contribution in [0.1, 0.15) is 23.3 Å². The van der Waals surface area contributed by atoms with Gasteiger partial charge in [0, 0.05) is 19.3 Å². The Morgan fingerprint density at radius 2 is 2.25 bits per heavy atom. The van der Waals surface area contributed by atoms with Crippen LogP contribution in [0.15, 0.2) is 12.5 Å². The van der Waals surface area contributed by atoms with Crippen molar-refractivity contribution in [2.75, 3.05) is 13.1 Å². The molecule has 0 aromatic carbocycles. The van der Waals surface area contributed by atoms with Gasteiger partial charge in [-0.05, 0) is 25.9 Å². The molecule has 1 aliphatic rings. The molecular formula is C10H17ClN4O. The van der Waals surface area contributed by atoms with Gasteiger partial charge in [0.1, 0.15) is 5.69 Å². The van der Waals surface area contributed by atoms with Crippen LogP contribution >= 0.6 is 12.4 Å². The van der Waals surface area contributed by atoms with Crippen molar-refractivity contribution in [1.29, 1.82) is 0 Å². The van der Waals surface area contributed by atoms with E-state index in [-0.39, 0.29) is 18.3 Å². The molecule has 2 heterocycles. The lowest BCUT2D eigenvalue weighted by molar-refractivity contribution is 0.0925. The molecule has 0 unspecified atom stereocenters. The van der Waals surface area contributed by atoms with Crippen molar-refractivity contribution in [3.8, 4) is 0 Å². The van der Waals surface area contributed by atoms with Gasteiger partial charge in [0.05, 0.1) is 6.33 Å². The summed E-state index contributed by atoms with van der Waals surface area (Å²) in [5, 5.41) is 6.25. The average molecular weight is 245 g/mol. The molecule has 2 N–H and O–H groups in total. The third-order valence-electron chi connectivity index (χ3n) is 2.61. The SMILES string of the molecule is Cl.Cn1cnc(C(=O)NC2CCNCC2)c1. The third kappa shape index (κ3) is 3.21. The topological polar surface area (TPSA) is 59.0 Å². The Hall–Kier alpha value is -1.07. The molecule has 1 aliphatic heterocycles. The standard InChI is InChI=1S/C10H16N4O.ClH/c1-14-6-9(12-7-14)10(15)13-8-2-4-11-5-3-8;/h6-8,11H,2-5H2,1H3,(H,13,15);1H. The minimum Gasteiger partial charge on any atom is -0.348 e. The molecule has 0 atom stereocenters. The van der Waals surface area contributed by atoms with E-state index in [4.69, 9.17) is 0 Å². The predicted octanol–water partition coefficient (Wildman–Crippen LogP) is 0.324. The fourth-order valence-corrected chi connectivity index (χ4v) is 1.76. The minimum absolute atomic E-state index is 0. The maximum absolute atomic E-state index is 11.7. The second-order valence-corrected chi connectivity index (χ2v) is 3.92. The van der Waals surface area contributed by atoms with Crippen LogP contribution in [-0.2, 0) is 7.05 Å². The number of nitrogens with zero attached hydrogens (tertiary/aromatic N) is 2. The molecular weight excluding hydrogens is 228 g/mol. The number of imidazole rings is 1. The summed E-state index contributed by atoms with van der Waals surface area (Å²) in [4.78, 5) is 15.7. The summed E-state index contributed by atoms with van der Waals surface area (Å²) in [6.07, 6.45) is 5.37. The van der Waals surface area contributed by atoms with Gasteiger partial charge < -0.3 is 15.2 Å². The van der Waals surface area contributed by atoms with Crippen LogP contribution in [0.25, 0.3) is 0 Å². The van der Waals surface area contributed by atoms with Crippen LogP contribution in [0.3, 0.4) is 0 Å². The molecule has 1 saturated heterocycles. The first-order chi connectivity index (χ1) is 7.25. The smallest absolute Gasteiger partial charge is 0.271 e. The highest BCUT2D eigenvalue weighted by atomic mass is 35.5. The lowest BCUT2D eigenvalue weighted by Crippen LogP contribution is -2.42. The summed E-state index contributed by atoms with van der Waals surface area (Å²) in [5.41, 5.74) is 0.496. The predicted molar refractivity (Wildman–Crippen MR) is 63.8 cm³/mol. The largest absolute Gasteiger partial charge is 0.348 e. The van der Waals surface area contributed by atoms with E-state index >= 15 is 0 Å². The molecule has 1 aromatic heterocycles. The normalized spacial score (nSPS) is 16.6. The Bertz CT molecular complexity index is 346. The summed E-state index contributed by atoms with van der Waals surface area (Å²) in [6, 6.07) is 0.292. The molecule has 1 amide bonds. The van der Waals surface area contributed by atoms with Crippen LogP contribution in [0.5, 0.6) is 0 Å². The molecule has 0 aliphatic carbocycles. The van der Waals surface area contributed by atoms with Gasteiger partial charge in [0.15, 0.2) is 0 Å². The molecule has 0 saturated carbocycles. The number of halogens is 1. The maximum Gasteiger partial charge on any atom is 0.271 e. The molecule has 2 rings (SSSR count). The molecule has 6 heteroatoms. The van der Waals surface area contributed by atoms with Crippen molar-refractivity contribution in [2.24, 2.45) is 7.05 Å². The number of carbonyl (C=O) groups is 1. The zero-order valence-electron chi connectivity index (χ0n) is 9.27. The second-order valence-electron chi connectivity index (χ2n) is 3.92. The maximum atomic E-state index is 11.7. The minimum atomic E-state index is -0.0671. The number of hydrogen-bond donors (Lipinski definition) is 2. The van der Waals surface area contributed by atoms with Crippen LogP contribution < -0.4 is 10.6 Å². The van der Waals surface area contributed by atoms with Gasteiger partial charge in [0.25, 0.3) is 5.91 Å². The van der Waals surface area contributed by atoms with Crippen molar-refractivity contribution < 1.29 is 4.79 Å². The number of piperidine rings is 1. The lowest BCUT2D eigenvalue weighted by atomic mass is 10.1. The van der Waals surface area contributed by atoms with E-state index in [9.17, 15) is 4.79 Å². The lowest BCUT2D eigenvalue weighted by Gasteiger charge is -2.23. The number of carbonyl (C=O) groups excluding carboxylic acids is 1. The highest BCUT2D eigenvalue weighted by Gasteiger charge is 2.17. The van der Waals surface area contributed by atoms with Gasteiger partial charge in [-0.15, -0.1) is 12.4 Å². The van der Waals surface area contributed by atoms with E-state index in [1.165, 1.54) is 0 Å². The number of rotatable bonds is 2. The zero-order valence-corrected chi connectivity index (χ0v) is 10.1. The molecule has 1 aromatic rings. The van der Waals surface area contributed by atoms with Crippen molar-refractivity contribution in [3.05, 3.63) is 18.2 Å². The Morgan fingerprint density at radius 1 is 1.56 bits per heavy atom. The van der Waals surface area contributed by atoms with E-state index in [2.05, 4.69) is 15.6 Å². The molecule has 0 spiro atoms. The third-order valence-corrected chi connectivity index (χ3v) is 2.61. The highest BCUT2D eigenvalue weighted by molar-refractivity contribution is 5.92. The van der Waals surface area contributed by atoms with Gasteiger partial charge in [-0.1, -0.05) is 0 Å². The summed E-state index contributed by atoms with van der Waals surface area (Å²) >= 11 is 0. The van der Waals surface area contributed by atoms with E-state index < -0.39 is 0 Å². The van der Waals surface area contributed by atoms with Crippen LogP contribution in [-0.4, -0.2) is 34.6 Å². The molecule has 0 bridgehead atoms. The van der Waals surface area contributed by atoms with Crippen molar-refractivity contribution in [1.82, 2.24) is 20.2 Å². The highest BCUT2D eigenvalue weighted by Crippen LogP contribution is 2.03. The molecule has 1 fully saturated rings. The first-order valence-electron chi connectivity index (χ1n) is 5.25. The molecule has 5 nitrogen and oxygen atoms in total. The Balaban J connectivity index is 0.00000128. The molecule has 0 radical (unpaired) electrons. The Morgan fingerprint density at radius 3 is 2.81 bits per heavy atom. The van der Waals surface area contributed by atoms with Gasteiger partial charge in [-0.2, -0.15) is 0 Å². The van der Waals surface area contributed by atoms with Crippen molar-refractivity contribution in [2.45, 2.75) is 18.9 Å². The fourth-order valence-electron chi connectivity index (χ4n) is 1.76. The van der Waals surface area contributed by atoms with Crippen molar-refractivity contribution in [3.63, 3.8) is 0 Å². The fraction of sp³-hybridized carbons (Fsp3) is 0.600. The zero-order chi connectivity index (χ0) is 10.7. The number of aryl methyl sites for hydroxylation is 1. The van der Waals surface area contributed by atoms with E-state index in [1.54, 1.807) is 17.1 Å². The number of amides is 1. The molecule has 16 heavy (non-hydrogen) atoms. The average Bonchev–Trinajstić information content (AvgIpc) is 2.66. The van der Waals surface area contributed by atoms with Gasteiger partial charge >= 0.3 is 0 Å². The number of hydrogen-bond acceptors (Lipinski definition) is 3. The summed E-state index contributed by atoms with van der Waals surface area (Å²) in [5.74, 6) is -0.0671. The van der Waals surface area contributed by atoms with Gasteiger partial charge in [-0.3, -0.25) is 4.79 Å². The van der Waals surface area contributed by atoms with Crippen LogP contribution in [0.4, 0.5) is 0 Å². The summed E-state index contributed by atoms with van der Waals surface area (Å²) < 4.78 is 1.78. The van der Waals surface area contributed by atoms with Crippen molar-refractivity contribution >= 4 is 18.3 Å².